The van der Waals surface area contributed by atoms with Crippen molar-refractivity contribution in [1.29, 1.82) is 0 Å². The molecule has 5 heteroatoms. The number of thioether (sulfide) groups is 1. The van der Waals surface area contributed by atoms with E-state index in [0.29, 0.717) is 17.1 Å². The SMILES string of the molecule is CS[C@H]1CCCC[C@@H]1Nc1cccc(C(=O)O)n1. The summed E-state index contributed by atoms with van der Waals surface area (Å²) in [5.74, 6) is -0.315. The maximum absolute atomic E-state index is 10.9. The summed E-state index contributed by atoms with van der Waals surface area (Å²) in [7, 11) is 0. The second-order valence-corrected chi connectivity index (χ2v) is 5.60. The number of pyridine rings is 1. The van der Waals surface area contributed by atoms with Crippen LogP contribution in [0.4, 0.5) is 5.82 Å². The molecule has 0 radical (unpaired) electrons. The smallest absolute Gasteiger partial charge is 0.354 e. The minimum Gasteiger partial charge on any atom is -0.477 e. The molecule has 2 rings (SSSR count). The van der Waals surface area contributed by atoms with Crippen LogP contribution in [0.15, 0.2) is 18.2 Å². The molecule has 0 bridgehead atoms. The molecule has 0 aromatic carbocycles. The van der Waals surface area contributed by atoms with Gasteiger partial charge in [0.25, 0.3) is 0 Å². The minimum atomic E-state index is -0.983. The molecule has 1 aromatic rings. The Morgan fingerprint density at radius 1 is 1.44 bits per heavy atom. The molecule has 18 heavy (non-hydrogen) atoms. The zero-order valence-electron chi connectivity index (χ0n) is 10.4. The molecule has 1 aliphatic rings. The maximum Gasteiger partial charge on any atom is 0.354 e. The number of aromatic nitrogens is 1. The highest BCUT2D eigenvalue weighted by atomic mass is 32.2. The second-order valence-electron chi connectivity index (χ2n) is 4.52. The molecule has 0 amide bonds. The van der Waals surface area contributed by atoms with Crippen LogP contribution in [-0.4, -0.2) is 33.6 Å². The Labute approximate surface area is 111 Å². The molecular formula is C13H18N2O2S. The largest absolute Gasteiger partial charge is 0.477 e. The number of hydrogen-bond acceptors (Lipinski definition) is 4. The Morgan fingerprint density at radius 2 is 2.22 bits per heavy atom. The van der Waals surface area contributed by atoms with Crippen molar-refractivity contribution in [3.05, 3.63) is 23.9 Å². The van der Waals surface area contributed by atoms with Crippen LogP contribution >= 0.6 is 11.8 Å². The summed E-state index contributed by atoms with van der Waals surface area (Å²) in [6, 6.07) is 5.47. The highest BCUT2D eigenvalue weighted by Gasteiger charge is 2.24. The van der Waals surface area contributed by atoms with Crippen molar-refractivity contribution in [2.75, 3.05) is 11.6 Å². The third-order valence-electron chi connectivity index (χ3n) is 3.31. The van der Waals surface area contributed by atoms with E-state index in [1.807, 2.05) is 17.8 Å². The standard InChI is InChI=1S/C13H18N2O2S/c1-18-11-7-3-2-5-9(11)14-12-8-4-6-10(15-12)13(16)17/h4,6,8-9,11H,2-3,5,7H2,1H3,(H,14,15)(H,16,17)/t9-,11-/m0/s1. The lowest BCUT2D eigenvalue weighted by Crippen LogP contribution is -2.34. The van der Waals surface area contributed by atoms with Crippen LogP contribution in [-0.2, 0) is 0 Å². The third kappa shape index (κ3) is 3.16. The molecule has 1 fully saturated rings. The van der Waals surface area contributed by atoms with Crippen LogP contribution in [0, 0.1) is 0 Å². The van der Waals surface area contributed by atoms with Gasteiger partial charge in [0.2, 0.25) is 0 Å². The summed E-state index contributed by atoms with van der Waals surface area (Å²) >= 11 is 1.88. The van der Waals surface area contributed by atoms with Gasteiger partial charge in [0.1, 0.15) is 5.82 Å². The zero-order valence-corrected chi connectivity index (χ0v) is 11.2. The van der Waals surface area contributed by atoms with Crippen LogP contribution in [0.1, 0.15) is 36.2 Å². The first-order valence-corrected chi connectivity index (χ1v) is 7.49. The maximum atomic E-state index is 10.9. The van der Waals surface area contributed by atoms with Gasteiger partial charge in [-0.3, -0.25) is 0 Å². The van der Waals surface area contributed by atoms with Crippen LogP contribution in [0.25, 0.3) is 0 Å². The summed E-state index contributed by atoms with van der Waals surface area (Å²) in [6.45, 7) is 0. The van der Waals surface area contributed by atoms with E-state index in [0.717, 1.165) is 6.42 Å². The third-order valence-corrected chi connectivity index (χ3v) is 4.48. The quantitative estimate of drug-likeness (QED) is 0.877. The number of nitrogens with one attached hydrogen (secondary N) is 1. The summed E-state index contributed by atoms with van der Waals surface area (Å²) in [6.07, 6.45) is 6.99. The number of carbonyl (C=O) groups is 1. The van der Waals surface area contributed by atoms with Crippen LogP contribution in [0.5, 0.6) is 0 Å². The van der Waals surface area contributed by atoms with Crippen LogP contribution < -0.4 is 5.32 Å². The first kappa shape index (κ1) is 13.2. The average molecular weight is 266 g/mol. The predicted molar refractivity (Wildman–Crippen MR) is 74.4 cm³/mol. The molecule has 2 N–H and O–H groups in total. The lowest BCUT2D eigenvalue weighted by atomic mass is 9.95. The Kier molecular flexibility index (Phi) is 4.47. The topological polar surface area (TPSA) is 62.2 Å². The van der Waals surface area contributed by atoms with Gasteiger partial charge in [-0.15, -0.1) is 0 Å². The van der Waals surface area contributed by atoms with E-state index < -0.39 is 5.97 Å². The Hall–Kier alpha value is -1.23. The van der Waals surface area contributed by atoms with Crippen LogP contribution in [0.2, 0.25) is 0 Å². The van der Waals surface area contributed by atoms with Crippen molar-refractivity contribution in [1.82, 2.24) is 4.98 Å². The minimum absolute atomic E-state index is 0.0940. The van der Waals surface area contributed by atoms with E-state index in [1.54, 1.807) is 6.07 Å². The molecule has 0 unspecified atom stereocenters. The molecule has 1 heterocycles. The lowest BCUT2D eigenvalue weighted by Gasteiger charge is -2.31. The van der Waals surface area contributed by atoms with Crippen molar-refractivity contribution in [2.24, 2.45) is 0 Å². The molecule has 4 nitrogen and oxygen atoms in total. The van der Waals surface area contributed by atoms with Crippen molar-refractivity contribution in [3.8, 4) is 0 Å². The number of nitrogens with zero attached hydrogens (tertiary/aromatic N) is 1. The second kappa shape index (κ2) is 6.09. The van der Waals surface area contributed by atoms with Gasteiger partial charge in [0.05, 0.1) is 0 Å². The van der Waals surface area contributed by atoms with Crippen molar-refractivity contribution in [2.45, 2.75) is 37.0 Å². The number of carboxylic acids is 1. The Morgan fingerprint density at radius 3 is 2.94 bits per heavy atom. The molecular weight excluding hydrogens is 248 g/mol. The molecule has 1 aromatic heterocycles. The Balaban J connectivity index is 2.07. The van der Waals surface area contributed by atoms with Gasteiger partial charge in [-0.1, -0.05) is 18.9 Å². The predicted octanol–water partition coefficient (Wildman–Crippen LogP) is 2.87. The number of rotatable bonds is 4. The first-order valence-electron chi connectivity index (χ1n) is 6.20. The van der Waals surface area contributed by atoms with Gasteiger partial charge in [0, 0.05) is 11.3 Å². The fourth-order valence-electron chi connectivity index (χ4n) is 2.37. The molecule has 1 aliphatic carbocycles. The molecule has 0 aliphatic heterocycles. The van der Waals surface area contributed by atoms with E-state index in [1.165, 1.54) is 25.3 Å². The summed E-state index contributed by atoms with van der Waals surface area (Å²) in [4.78, 5) is 15.0. The molecule has 2 atom stereocenters. The fourth-order valence-corrected chi connectivity index (χ4v) is 3.30. The van der Waals surface area contributed by atoms with E-state index in [9.17, 15) is 4.79 Å². The number of hydrogen-bond donors (Lipinski definition) is 2. The van der Waals surface area contributed by atoms with Gasteiger partial charge < -0.3 is 10.4 Å². The number of aromatic carboxylic acids is 1. The summed E-state index contributed by atoms with van der Waals surface area (Å²) in [5, 5.41) is 12.9. The van der Waals surface area contributed by atoms with Gasteiger partial charge in [-0.05, 0) is 31.2 Å². The van der Waals surface area contributed by atoms with Gasteiger partial charge >= 0.3 is 5.97 Å². The van der Waals surface area contributed by atoms with Crippen LogP contribution in [0.3, 0.4) is 0 Å². The molecule has 98 valence electrons. The number of anilines is 1. The van der Waals surface area contributed by atoms with Gasteiger partial charge in [0.15, 0.2) is 5.69 Å². The fraction of sp³-hybridized carbons (Fsp3) is 0.538. The Bertz CT molecular complexity index is 425. The van der Waals surface area contributed by atoms with E-state index in [2.05, 4.69) is 16.6 Å². The lowest BCUT2D eigenvalue weighted by molar-refractivity contribution is 0.0690. The van der Waals surface area contributed by atoms with E-state index >= 15 is 0 Å². The normalized spacial score (nSPS) is 23.6. The van der Waals surface area contributed by atoms with Crippen molar-refractivity contribution >= 4 is 23.5 Å². The highest BCUT2D eigenvalue weighted by molar-refractivity contribution is 7.99. The van der Waals surface area contributed by atoms with Gasteiger partial charge in [-0.2, -0.15) is 11.8 Å². The first-order chi connectivity index (χ1) is 8.70. The molecule has 0 spiro atoms. The number of carboxylic acid groups (broad SMARTS) is 1. The zero-order chi connectivity index (χ0) is 13.0. The molecule has 0 saturated heterocycles. The highest BCUT2D eigenvalue weighted by Crippen LogP contribution is 2.29. The summed E-state index contributed by atoms with van der Waals surface area (Å²) in [5.41, 5.74) is 0.0940. The monoisotopic (exact) mass is 266 g/mol. The van der Waals surface area contributed by atoms with E-state index in [-0.39, 0.29) is 5.69 Å². The van der Waals surface area contributed by atoms with Gasteiger partial charge in [-0.25, -0.2) is 9.78 Å². The van der Waals surface area contributed by atoms with Crippen molar-refractivity contribution < 1.29 is 9.90 Å². The van der Waals surface area contributed by atoms with Crippen molar-refractivity contribution in [3.63, 3.8) is 0 Å². The average Bonchev–Trinajstić information content (AvgIpc) is 2.39. The van der Waals surface area contributed by atoms with E-state index in [4.69, 9.17) is 5.11 Å². The molecule has 1 saturated carbocycles. The summed E-state index contributed by atoms with van der Waals surface area (Å²) < 4.78 is 0.